The predicted molar refractivity (Wildman–Crippen MR) is 33.2 cm³/mol. The largest absolute Gasteiger partial charge is 0.516 e. The van der Waals surface area contributed by atoms with Crippen LogP contribution in [0.2, 0.25) is 0 Å². The zero-order valence-corrected chi connectivity index (χ0v) is 5.21. The van der Waals surface area contributed by atoms with Gasteiger partial charge in [-0.1, -0.05) is 0 Å². The second-order valence-electron chi connectivity index (χ2n) is 2.74. The number of epoxide rings is 1. The fourth-order valence-electron chi connectivity index (χ4n) is 1.42. The molecule has 2 rings (SSSR count). The molecule has 2 unspecified atom stereocenters. The molecule has 1 saturated heterocycles. The van der Waals surface area contributed by atoms with Crippen LogP contribution in [-0.4, -0.2) is 17.3 Å². The molecule has 1 N–H and O–H groups in total. The third-order valence-electron chi connectivity index (χ3n) is 2.08. The lowest BCUT2D eigenvalue weighted by Crippen LogP contribution is -2.04. The highest BCUT2D eigenvalue weighted by molar-refractivity contribution is 5.09. The smallest absolute Gasteiger partial charge is 0.0880 e. The number of aliphatic hydroxyl groups is 1. The first-order chi connectivity index (χ1) is 4.40. The maximum Gasteiger partial charge on any atom is 0.0880 e. The molecular weight excluding hydrogens is 116 g/mol. The van der Waals surface area contributed by atoms with Crippen molar-refractivity contribution in [3.05, 3.63) is 11.8 Å². The fourth-order valence-corrected chi connectivity index (χ4v) is 1.42. The Bertz CT molecular complexity index is 151. The van der Waals surface area contributed by atoms with Gasteiger partial charge in [0, 0.05) is 6.42 Å². The van der Waals surface area contributed by atoms with E-state index >= 15 is 0 Å². The number of rotatable bonds is 0. The summed E-state index contributed by atoms with van der Waals surface area (Å²) in [6.45, 7) is 0. The zero-order valence-electron chi connectivity index (χ0n) is 5.21. The van der Waals surface area contributed by atoms with Crippen LogP contribution in [0, 0.1) is 0 Å². The van der Waals surface area contributed by atoms with Crippen LogP contribution < -0.4 is 0 Å². The van der Waals surface area contributed by atoms with E-state index in [0.717, 1.165) is 24.8 Å². The van der Waals surface area contributed by atoms with E-state index in [2.05, 4.69) is 0 Å². The summed E-state index contributed by atoms with van der Waals surface area (Å²) in [5.74, 6) is 0. The van der Waals surface area contributed by atoms with Crippen molar-refractivity contribution < 1.29 is 9.84 Å². The monoisotopic (exact) mass is 126 g/mol. The molecule has 0 spiro atoms. The molecule has 2 atom stereocenters. The Balaban J connectivity index is 2.01. The van der Waals surface area contributed by atoms with Crippen molar-refractivity contribution in [2.24, 2.45) is 0 Å². The lowest BCUT2D eigenvalue weighted by Gasteiger charge is -2.06. The molecular formula is C7H10O2. The third kappa shape index (κ3) is 0.833. The zero-order chi connectivity index (χ0) is 6.27. The maximum atomic E-state index is 8.61. The van der Waals surface area contributed by atoms with Gasteiger partial charge >= 0.3 is 0 Å². The van der Waals surface area contributed by atoms with E-state index in [1.807, 2.05) is 0 Å². The van der Waals surface area contributed by atoms with Gasteiger partial charge in [0.25, 0.3) is 0 Å². The molecule has 0 aromatic heterocycles. The van der Waals surface area contributed by atoms with Crippen molar-refractivity contribution in [1.29, 1.82) is 0 Å². The predicted octanol–water partition coefficient (Wildman–Crippen LogP) is 1.38. The van der Waals surface area contributed by atoms with Gasteiger partial charge in [-0.15, -0.1) is 0 Å². The molecule has 9 heavy (non-hydrogen) atoms. The summed E-state index contributed by atoms with van der Waals surface area (Å²) < 4.78 is 5.26. The van der Waals surface area contributed by atoms with Crippen molar-refractivity contribution in [3.8, 4) is 0 Å². The molecule has 1 aliphatic carbocycles. The van der Waals surface area contributed by atoms with Gasteiger partial charge in [0.2, 0.25) is 0 Å². The van der Waals surface area contributed by atoms with Crippen molar-refractivity contribution >= 4 is 0 Å². The molecule has 2 aliphatic rings. The highest BCUT2D eigenvalue weighted by atomic mass is 16.6. The molecule has 1 saturated carbocycles. The van der Waals surface area contributed by atoms with Crippen LogP contribution in [0.15, 0.2) is 11.8 Å². The van der Waals surface area contributed by atoms with Crippen LogP contribution in [0.1, 0.15) is 19.3 Å². The first kappa shape index (κ1) is 5.30. The minimum Gasteiger partial charge on any atom is -0.516 e. The Kier molecular flexibility index (Phi) is 1.02. The molecule has 2 fully saturated rings. The third-order valence-corrected chi connectivity index (χ3v) is 2.08. The topological polar surface area (TPSA) is 32.8 Å². The van der Waals surface area contributed by atoms with E-state index < -0.39 is 0 Å². The second-order valence-corrected chi connectivity index (χ2v) is 2.74. The summed E-state index contributed by atoms with van der Waals surface area (Å²) in [5, 5.41) is 8.61. The van der Waals surface area contributed by atoms with Crippen molar-refractivity contribution in [2.75, 3.05) is 0 Å². The van der Waals surface area contributed by atoms with E-state index in [9.17, 15) is 0 Å². The minimum atomic E-state index is 0.456. The molecule has 2 nitrogen and oxygen atoms in total. The highest BCUT2D eigenvalue weighted by Gasteiger charge is 2.41. The average Bonchev–Trinajstić information content (AvgIpc) is 2.64. The summed E-state index contributed by atoms with van der Waals surface area (Å²) in [4.78, 5) is 0. The molecule has 0 aromatic rings. The lowest BCUT2D eigenvalue weighted by atomic mass is 9.96. The van der Waals surface area contributed by atoms with Crippen LogP contribution in [-0.2, 0) is 4.74 Å². The summed E-state index contributed by atoms with van der Waals surface area (Å²) >= 11 is 0. The number of fused-ring (bicyclic) bond motifs is 1. The number of ether oxygens (including phenoxy) is 1. The fraction of sp³-hybridized carbons (Fsp3) is 0.714. The Hall–Kier alpha value is -0.500. The molecule has 2 heteroatoms. The normalized spacial score (nSPS) is 44.7. The van der Waals surface area contributed by atoms with Crippen molar-refractivity contribution in [3.63, 3.8) is 0 Å². The SMILES string of the molecule is OC=C1CCC2OC2C1. The first-order valence-electron chi connectivity index (χ1n) is 3.38. The molecule has 0 radical (unpaired) electrons. The van der Waals surface area contributed by atoms with Crippen LogP contribution in [0.3, 0.4) is 0 Å². The molecule has 1 heterocycles. The quantitative estimate of drug-likeness (QED) is 0.393. The number of hydrogen-bond donors (Lipinski definition) is 1. The summed E-state index contributed by atoms with van der Waals surface area (Å²) in [7, 11) is 0. The van der Waals surface area contributed by atoms with Gasteiger partial charge in [-0.3, -0.25) is 0 Å². The number of aliphatic hydroxyl groups excluding tert-OH is 1. The Morgan fingerprint density at radius 3 is 3.11 bits per heavy atom. The second kappa shape index (κ2) is 1.74. The molecule has 0 aromatic carbocycles. The van der Waals surface area contributed by atoms with Gasteiger partial charge in [-0.05, 0) is 18.4 Å². The van der Waals surface area contributed by atoms with Gasteiger partial charge in [0.05, 0.1) is 18.5 Å². The van der Waals surface area contributed by atoms with E-state index in [1.54, 1.807) is 0 Å². The van der Waals surface area contributed by atoms with Gasteiger partial charge < -0.3 is 9.84 Å². The van der Waals surface area contributed by atoms with Gasteiger partial charge in [-0.2, -0.15) is 0 Å². The van der Waals surface area contributed by atoms with E-state index in [-0.39, 0.29) is 0 Å². The Morgan fingerprint density at radius 2 is 2.44 bits per heavy atom. The summed E-state index contributed by atoms with van der Waals surface area (Å²) in [6, 6.07) is 0. The lowest BCUT2D eigenvalue weighted by molar-refractivity contribution is 0.374. The van der Waals surface area contributed by atoms with E-state index in [1.165, 1.54) is 6.26 Å². The molecule has 0 bridgehead atoms. The first-order valence-corrected chi connectivity index (χ1v) is 3.38. The molecule has 1 aliphatic heterocycles. The average molecular weight is 126 g/mol. The minimum absolute atomic E-state index is 0.456. The summed E-state index contributed by atoms with van der Waals surface area (Å²) in [6.07, 6.45) is 5.32. The van der Waals surface area contributed by atoms with Gasteiger partial charge in [0.15, 0.2) is 0 Å². The van der Waals surface area contributed by atoms with Crippen molar-refractivity contribution in [1.82, 2.24) is 0 Å². The Morgan fingerprint density at radius 1 is 1.56 bits per heavy atom. The molecule has 0 amide bonds. The summed E-state index contributed by atoms with van der Waals surface area (Å²) in [5.41, 5.74) is 1.15. The van der Waals surface area contributed by atoms with Crippen LogP contribution in [0.5, 0.6) is 0 Å². The Labute approximate surface area is 54.1 Å². The van der Waals surface area contributed by atoms with Gasteiger partial charge in [0.1, 0.15) is 0 Å². The van der Waals surface area contributed by atoms with E-state index in [4.69, 9.17) is 9.84 Å². The van der Waals surface area contributed by atoms with E-state index in [0.29, 0.717) is 12.2 Å². The maximum absolute atomic E-state index is 8.61. The van der Waals surface area contributed by atoms with Gasteiger partial charge in [-0.25, -0.2) is 0 Å². The van der Waals surface area contributed by atoms with Crippen LogP contribution >= 0.6 is 0 Å². The van der Waals surface area contributed by atoms with Crippen LogP contribution in [0.4, 0.5) is 0 Å². The standard InChI is InChI=1S/C7H10O2/c8-4-5-1-2-6-7(3-5)9-6/h4,6-8H,1-3H2. The molecule has 50 valence electrons. The number of hydrogen-bond acceptors (Lipinski definition) is 2. The highest BCUT2D eigenvalue weighted by Crippen LogP contribution is 2.38. The van der Waals surface area contributed by atoms with Crippen molar-refractivity contribution in [2.45, 2.75) is 31.5 Å². The van der Waals surface area contributed by atoms with Crippen LogP contribution in [0.25, 0.3) is 0 Å².